The van der Waals surface area contributed by atoms with E-state index in [1.807, 2.05) is 25.7 Å². The van der Waals surface area contributed by atoms with Gasteiger partial charge in [0.05, 0.1) is 0 Å². The summed E-state index contributed by atoms with van der Waals surface area (Å²) in [7, 11) is 0. The highest BCUT2D eigenvalue weighted by Gasteiger charge is 2.30. The second-order valence-corrected chi connectivity index (χ2v) is 6.56. The number of hydrogen-bond donors (Lipinski definition) is 1. The maximum absolute atomic E-state index is 12.0. The zero-order valence-electron chi connectivity index (χ0n) is 12.3. The van der Waals surface area contributed by atoms with Crippen LogP contribution in [0.15, 0.2) is 12.2 Å². The van der Waals surface area contributed by atoms with Gasteiger partial charge in [-0.05, 0) is 46.5 Å². The topological polar surface area (TPSA) is 41.6 Å². The third-order valence-corrected chi connectivity index (χ3v) is 3.58. The monoisotopic (exact) mass is 266 g/mol. The van der Waals surface area contributed by atoms with Crippen LogP contribution in [0.1, 0.15) is 46.5 Å². The Kier molecular flexibility index (Phi) is 4.50. The molecule has 1 N–H and O–H groups in total. The summed E-state index contributed by atoms with van der Waals surface area (Å²) in [6.07, 6.45) is 8.84. The Bertz CT molecular complexity index is 347. The minimum atomic E-state index is -0.406. The van der Waals surface area contributed by atoms with E-state index in [0.29, 0.717) is 12.1 Å². The first-order valence-electron chi connectivity index (χ1n) is 7.33. The minimum absolute atomic E-state index is 0.180. The highest BCUT2D eigenvalue weighted by atomic mass is 16.6. The number of nitrogens with one attached hydrogen (secondary N) is 1. The van der Waals surface area contributed by atoms with Gasteiger partial charge in [0.15, 0.2) is 0 Å². The van der Waals surface area contributed by atoms with Gasteiger partial charge in [0.2, 0.25) is 0 Å². The maximum atomic E-state index is 12.0. The first-order chi connectivity index (χ1) is 8.94. The summed E-state index contributed by atoms with van der Waals surface area (Å²) in [5.41, 5.74) is -0.406. The summed E-state index contributed by atoms with van der Waals surface area (Å²) >= 11 is 0. The van der Waals surface area contributed by atoms with Crippen molar-refractivity contribution in [3.8, 4) is 0 Å². The van der Waals surface area contributed by atoms with Gasteiger partial charge in [-0.25, -0.2) is 4.79 Å². The van der Waals surface area contributed by atoms with Gasteiger partial charge in [0, 0.05) is 25.2 Å². The van der Waals surface area contributed by atoms with Crippen molar-refractivity contribution in [2.75, 3.05) is 13.1 Å². The molecule has 1 heterocycles. The van der Waals surface area contributed by atoms with E-state index in [0.717, 1.165) is 25.9 Å². The lowest BCUT2D eigenvalue weighted by molar-refractivity contribution is 0.0290. The molecule has 1 fully saturated rings. The van der Waals surface area contributed by atoms with Gasteiger partial charge in [-0.1, -0.05) is 12.2 Å². The average molecular weight is 266 g/mol. The fourth-order valence-electron chi connectivity index (χ4n) is 2.67. The molecule has 2 aliphatic rings. The van der Waals surface area contributed by atoms with E-state index in [1.54, 1.807) is 0 Å². The van der Waals surface area contributed by atoms with Crippen LogP contribution in [0.3, 0.4) is 0 Å². The van der Waals surface area contributed by atoms with Crippen LogP contribution in [0, 0.1) is 0 Å². The second kappa shape index (κ2) is 5.95. The number of ether oxygens (including phenoxy) is 1. The Morgan fingerprint density at radius 2 is 2.05 bits per heavy atom. The number of carbonyl (C=O) groups is 1. The van der Waals surface area contributed by atoms with E-state index in [-0.39, 0.29) is 6.09 Å². The molecular formula is C15H26N2O2. The van der Waals surface area contributed by atoms with Crippen molar-refractivity contribution in [2.24, 2.45) is 0 Å². The number of nitrogens with zero attached hydrogens (tertiary/aromatic N) is 1. The van der Waals surface area contributed by atoms with Crippen molar-refractivity contribution in [1.82, 2.24) is 10.2 Å². The molecule has 0 spiro atoms. The summed E-state index contributed by atoms with van der Waals surface area (Å²) in [6, 6.07) is 0.998. The predicted octanol–water partition coefficient (Wildman–Crippen LogP) is 2.69. The SMILES string of the molecule is CC(C)(C)OC(=O)N1CCC(NC2CC=CCC2)C1. The molecule has 2 atom stereocenters. The van der Waals surface area contributed by atoms with Gasteiger partial charge in [-0.15, -0.1) is 0 Å². The fraction of sp³-hybridized carbons (Fsp3) is 0.800. The van der Waals surface area contributed by atoms with Crippen LogP contribution in [0.5, 0.6) is 0 Å². The van der Waals surface area contributed by atoms with Crippen molar-refractivity contribution in [2.45, 2.75) is 64.1 Å². The molecule has 0 bridgehead atoms. The van der Waals surface area contributed by atoms with Crippen LogP contribution in [0.2, 0.25) is 0 Å². The summed E-state index contributed by atoms with van der Waals surface area (Å²) in [5.74, 6) is 0. The number of rotatable bonds is 2. The predicted molar refractivity (Wildman–Crippen MR) is 76.1 cm³/mol. The van der Waals surface area contributed by atoms with Gasteiger partial charge in [-0.2, -0.15) is 0 Å². The zero-order valence-corrected chi connectivity index (χ0v) is 12.3. The molecule has 1 saturated heterocycles. The largest absolute Gasteiger partial charge is 0.444 e. The van der Waals surface area contributed by atoms with E-state index in [1.165, 1.54) is 12.8 Å². The molecule has 1 aliphatic carbocycles. The van der Waals surface area contributed by atoms with Crippen LogP contribution < -0.4 is 5.32 Å². The summed E-state index contributed by atoms with van der Waals surface area (Å²) in [5, 5.41) is 3.66. The van der Waals surface area contributed by atoms with E-state index in [2.05, 4.69) is 17.5 Å². The lowest BCUT2D eigenvalue weighted by atomic mass is 10.0. The van der Waals surface area contributed by atoms with E-state index < -0.39 is 5.60 Å². The van der Waals surface area contributed by atoms with Crippen LogP contribution in [0.4, 0.5) is 4.79 Å². The summed E-state index contributed by atoms with van der Waals surface area (Å²) in [4.78, 5) is 13.8. The Hall–Kier alpha value is -1.03. The highest BCUT2D eigenvalue weighted by molar-refractivity contribution is 5.68. The molecule has 4 nitrogen and oxygen atoms in total. The Morgan fingerprint density at radius 1 is 1.26 bits per heavy atom. The highest BCUT2D eigenvalue weighted by Crippen LogP contribution is 2.18. The Labute approximate surface area is 116 Å². The van der Waals surface area contributed by atoms with Crippen molar-refractivity contribution in [1.29, 1.82) is 0 Å². The average Bonchev–Trinajstić information content (AvgIpc) is 2.77. The van der Waals surface area contributed by atoms with Crippen molar-refractivity contribution < 1.29 is 9.53 Å². The summed E-state index contributed by atoms with van der Waals surface area (Å²) < 4.78 is 5.41. The molecule has 1 aliphatic heterocycles. The van der Waals surface area contributed by atoms with Crippen LogP contribution in [-0.4, -0.2) is 41.8 Å². The number of likely N-dealkylation sites (tertiary alicyclic amines) is 1. The van der Waals surface area contributed by atoms with Crippen LogP contribution >= 0.6 is 0 Å². The molecule has 0 aromatic carbocycles. The quantitative estimate of drug-likeness (QED) is 0.781. The third kappa shape index (κ3) is 4.53. The number of amides is 1. The minimum Gasteiger partial charge on any atom is -0.444 e. The first-order valence-corrected chi connectivity index (χ1v) is 7.33. The number of carbonyl (C=O) groups excluding carboxylic acids is 1. The van der Waals surface area contributed by atoms with Gasteiger partial charge < -0.3 is 15.0 Å². The molecule has 0 radical (unpaired) electrons. The fourth-order valence-corrected chi connectivity index (χ4v) is 2.67. The standard InChI is InChI=1S/C15H26N2O2/c1-15(2,3)19-14(18)17-10-9-13(11-17)16-12-7-5-4-6-8-12/h4-5,12-13,16H,6-11H2,1-3H3. The van der Waals surface area contributed by atoms with Crippen molar-refractivity contribution >= 4 is 6.09 Å². The Balaban J connectivity index is 1.76. The van der Waals surface area contributed by atoms with Gasteiger partial charge in [-0.3, -0.25) is 0 Å². The normalized spacial score (nSPS) is 27.6. The van der Waals surface area contributed by atoms with Crippen molar-refractivity contribution in [3.63, 3.8) is 0 Å². The Morgan fingerprint density at radius 3 is 2.68 bits per heavy atom. The number of allylic oxidation sites excluding steroid dienone is 1. The molecule has 4 heteroatoms. The molecule has 0 aromatic rings. The lowest BCUT2D eigenvalue weighted by Crippen LogP contribution is -2.42. The molecule has 108 valence electrons. The molecule has 2 rings (SSSR count). The molecule has 2 unspecified atom stereocenters. The van der Waals surface area contributed by atoms with Crippen LogP contribution in [-0.2, 0) is 4.74 Å². The first kappa shape index (κ1) is 14.4. The molecule has 1 amide bonds. The van der Waals surface area contributed by atoms with Gasteiger partial charge in [0.1, 0.15) is 5.60 Å². The molecule has 19 heavy (non-hydrogen) atoms. The van der Waals surface area contributed by atoms with Gasteiger partial charge >= 0.3 is 6.09 Å². The number of hydrogen-bond acceptors (Lipinski definition) is 3. The smallest absolute Gasteiger partial charge is 0.410 e. The summed E-state index contributed by atoms with van der Waals surface area (Å²) in [6.45, 7) is 7.30. The van der Waals surface area contributed by atoms with E-state index >= 15 is 0 Å². The molecule has 0 aromatic heterocycles. The lowest BCUT2D eigenvalue weighted by Gasteiger charge is -2.26. The van der Waals surface area contributed by atoms with E-state index in [9.17, 15) is 4.79 Å². The van der Waals surface area contributed by atoms with Gasteiger partial charge in [0.25, 0.3) is 0 Å². The molecule has 0 saturated carbocycles. The second-order valence-electron chi connectivity index (χ2n) is 6.56. The zero-order chi connectivity index (χ0) is 13.9. The van der Waals surface area contributed by atoms with Crippen molar-refractivity contribution in [3.05, 3.63) is 12.2 Å². The molecular weight excluding hydrogens is 240 g/mol. The van der Waals surface area contributed by atoms with Crippen LogP contribution in [0.25, 0.3) is 0 Å². The van der Waals surface area contributed by atoms with E-state index in [4.69, 9.17) is 4.74 Å². The third-order valence-electron chi connectivity index (χ3n) is 3.58. The maximum Gasteiger partial charge on any atom is 0.410 e.